The van der Waals surface area contributed by atoms with E-state index < -0.39 is 0 Å². The summed E-state index contributed by atoms with van der Waals surface area (Å²) in [6.07, 6.45) is 2.16. The van der Waals surface area contributed by atoms with E-state index in [1.165, 1.54) is 5.56 Å². The summed E-state index contributed by atoms with van der Waals surface area (Å²) in [4.78, 5) is 13.9. The Kier molecular flexibility index (Phi) is 6.20. The first kappa shape index (κ1) is 15.5. The van der Waals surface area contributed by atoms with Crippen LogP contribution in [0.5, 0.6) is 0 Å². The van der Waals surface area contributed by atoms with Crippen molar-refractivity contribution < 1.29 is 4.79 Å². The number of likely N-dealkylation sites (tertiary alicyclic amines) is 1. The Hall–Kier alpha value is -1.90. The van der Waals surface area contributed by atoms with Gasteiger partial charge < -0.3 is 10.6 Å². The molecule has 1 heterocycles. The highest BCUT2D eigenvalue weighted by Crippen LogP contribution is 2.15. The largest absolute Gasteiger partial charge is 0.353 e. The molecule has 1 saturated heterocycles. The van der Waals surface area contributed by atoms with Gasteiger partial charge >= 0.3 is 0 Å². The van der Waals surface area contributed by atoms with Gasteiger partial charge in [-0.15, -0.1) is 0 Å². The van der Waals surface area contributed by atoms with Crippen molar-refractivity contribution in [2.24, 2.45) is 0 Å². The first-order valence-corrected chi connectivity index (χ1v) is 7.42. The third-order valence-corrected chi connectivity index (χ3v) is 3.77. The smallest absolute Gasteiger partial charge is 0.234 e. The Bertz CT molecular complexity index is 483. The summed E-state index contributed by atoms with van der Waals surface area (Å²) < 4.78 is 0. The number of carbonyl (C=O) groups is 1. The molecular weight excluding hydrogens is 264 g/mol. The quantitative estimate of drug-likeness (QED) is 0.730. The summed E-state index contributed by atoms with van der Waals surface area (Å²) in [6.45, 7) is 3.05. The number of hydrogen-bond acceptors (Lipinski definition) is 4. The molecule has 0 spiro atoms. The van der Waals surface area contributed by atoms with Crippen molar-refractivity contribution in [2.75, 3.05) is 26.2 Å². The van der Waals surface area contributed by atoms with E-state index in [0.29, 0.717) is 32.2 Å². The summed E-state index contributed by atoms with van der Waals surface area (Å²) in [5, 5.41) is 14.8. The van der Waals surface area contributed by atoms with Crippen LogP contribution in [-0.4, -0.2) is 43.0 Å². The molecule has 1 aromatic rings. The number of nitriles is 1. The third kappa shape index (κ3) is 5.18. The molecule has 1 aromatic carbocycles. The normalized spacial score (nSPS) is 18.3. The van der Waals surface area contributed by atoms with Gasteiger partial charge in [-0.05, 0) is 24.9 Å². The molecule has 0 aliphatic carbocycles. The molecule has 1 aliphatic heterocycles. The Morgan fingerprint density at radius 3 is 2.95 bits per heavy atom. The molecular formula is C16H22N4O. The second-order valence-electron chi connectivity index (χ2n) is 5.32. The van der Waals surface area contributed by atoms with Crippen LogP contribution >= 0.6 is 0 Å². The van der Waals surface area contributed by atoms with Gasteiger partial charge in [-0.3, -0.25) is 9.69 Å². The van der Waals surface area contributed by atoms with Crippen LogP contribution in [0, 0.1) is 11.3 Å². The summed E-state index contributed by atoms with van der Waals surface area (Å²) in [7, 11) is 0. The van der Waals surface area contributed by atoms with Gasteiger partial charge in [0, 0.05) is 19.1 Å². The molecule has 1 atom stereocenters. The molecule has 2 N–H and O–H groups in total. The standard InChI is InChI=1S/C16H22N4O/c17-8-10-20-9-4-7-15(20)12-19-16(21)13-18-11-14-5-2-1-3-6-14/h1-3,5-6,15,18H,4,7,9-13H2,(H,19,21)/t15-/m0/s1. The number of rotatable bonds is 7. The van der Waals surface area contributed by atoms with E-state index >= 15 is 0 Å². The lowest BCUT2D eigenvalue weighted by molar-refractivity contribution is -0.120. The first-order valence-electron chi connectivity index (χ1n) is 7.42. The zero-order valence-electron chi connectivity index (χ0n) is 12.2. The van der Waals surface area contributed by atoms with Crippen molar-refractivity contribution in [3.8, 4) is 6.07 Å². The van der Waals surface area contributed by atoms with Crippen molar-refractivity contribution in [3.05, 3.63) is 35.9 Å². The summed E-state index contributed by atoms with van der Waals surface area (Å²) in [5.74, 6) is 0.00902. The van der Waals surface area contributed by atoms with Crippen molar-refractivity contribution in [3.63, 3.8) is 0 Å². The van der Waals surface area contributed by atoms with E-state index in [1.807, 2.05) is 30.3 Å². The first-order chi connectivity index (χ1) is 10.3. The van der Waals surface area contributed by atoms with Gasteiger partial charge in [0.15, 0.2) is 0 Å². The van der Waals surface area contributed by atoms with Crippen LogP contribution in [0.4, 0.5) is 0 Å². The predicted octanol–water partition coefficient (Wildman–Crippen LogP) is 0.880. The average Bonchev–Trinajstić information content (AvgIpc) is 2.94. The van der Waals surface area contributed by atoms with E-state index in [9.17, 15) is 4.79 Å². The van der Waals surface area contributed by atoms with E-state index in [2.05, 4.69) is 21.6 Å². The maximum absolute atomic E-state index is 11.8. The molecule has 0 unspecified atom stereocenters. The number of hydrogen-bond donors (Lipinski definition) is 2. The minimum Gasteiger partial charge on any atom is -0.353 e. The zero-order valence-corrected chi connectivity index (χ0v) is 12.2. The van der Waals surface area contributed by atoms with Crippen LogP contribution in [0.2, 0.25) is 0 Å². The molecule has 0 radical (unpaired) electrons. The molecule has 0 saturated carbocycles. The molecule has 21 heavy (non-hydrogen) atoms. The third-order valence-electron chi connectivity index (χ3n) is 3.77. The molecule has 1 aliphatic rings. The Labute approximate surface area is 125 Å². The van der Waals surface area contributed by atoms with Gasteiger partial charge in [-0.25, -0.2) is 0 Å². The van der Waals surface area contributed by atoms with E-state index in [-0.39, 0.29) is 5.91 Å². The van der Waals surface area contributed by atoms with Crippen LogP contribution in [-0.2, 0) is 11.3 Å². The van der Waals surface area contributed by atoms with Gasteiger partial charge in [0.25, 0.3) is 0 Å². The van der Waals surface area contributed by atoms with Gasteiger partial charge in [0.05, 0.1) is 19.2 Å². The van der Waals surface area contributed by atoms with Crippen molar-refractivity contribution in [1.29, 1.82) is 5.26 Å². The molecule has 1 amide bonds. The lowest BCUT2D eigenvalue weighted by Gasteiger charge is -2.21. The fraction of sp³-hybridized carbons (Fsp3) is 0.500. The summed E-state index contributed by atoms with van der Waals surface area (Å²) in [6, 6.07) is 12.5. The van der Waals surface area contributed by atoms with E-state index in [1.54, 1.807) is 0 Å². The summed E-state index contributed by atoms with van der Waals surface area (Å²) >= 11 is 0. The highest BCUT2D eigenvalue weighted by atomic mass is 16.1. The minimum atomic E-state index is 0.00902. The monoisotopic (exact) mass is 286 g/mol. The number of carbonyl (C=O) groups excluding carboxylic acids is 1. The zero-order chi connectivity index (χ0) is 14.9. The van der Waals surface area contributed by atoms with Crippen molar-refractivity contribution in [2.45, 2.75) is 25.4 Å². The molecule has 1 fully saturated rings. The second kappa shape index (κ2) is 8.40. The van der Waals surface area contributed by atoms with Gasteiger partial charge in [0.2, 0.25) is 5.91 Å². The predicted molar refractivity (Wildman–Crippen MR) is 81.4 cm³/mol. The topological polar surface area (TPSA) is 68.2 Å². The van der Waals surface area contributed by atoms with Crippen LogP contribution in [0.3, 0.4) is 0 Å². The van der Waals surface area contributed by atoms with Crippen molar-refractivity contribution in [1.82, 2.24) is 15.5 Å². The van der Waals surface area contributed by atoms with Gasteiger partial charge in [0.1, 0.15) is 0 Å². The van der Waals surface area contributed by atoms with Crippen LogP contribution < -0.4 is 10.6 Å². The van der Waals surface area contributed by atoms with Crippen LogP contribution in [0.1, 0.15) is 18.4 Å². The van der Waals surface area contributed by atoms with Gasteiger partial charge in [-0.1, -0.05) is 30.3 Å². The molecule has 5 nitrogen and oxygen atoms in total. The molecule has 5 heteroatoms. The highest BCUT2D eigenvalue weighted by molar-refractivity contribution is 5.78. The molecule has 0 bridgehead atoms. The highest BCUT2D eigenvalue weighted by Gasteiger charge is 2.24. The molecule has 2 rings (SSSR count). The number of nitrogens with zero attached hydrogens (tertiary/aromatic N) is 2. The SMILES string of the molecule is N#CCN1CCC[C@H]1CNC(=O)CNCc1ccccc1. The lowest BCUT2D eigenvalue weighted by atomic mass is 10.2. The lowest BCUT2D eigenvalue weighted by Crippen LogP contribution is -2.42. The number of amides is 1. The Morgan fingerprint density at radius 1 is 1.38 bits per heavy atom. The maximum atomic E-state index is 11.8. The number of nitrogens with one attached hydrogen (secondary N) is 2. The van der Waals surface area contributed by atoms with Crippen LogP contribution in [0.15, 0.2) is 30.3 Å². The molecule has 0 aromatic heterocycles. The van der Waals surface area contributed by atoms with E-state index in [0.717, 1.165) is 19.4 Å². The van der Waals surface area contributed by atoms with Crippen molar-refractivity contribution >= 4 is 5.91 Å². The second-order valence-corrected chi connectivity index (χ2v) is 5.32. The van der Waals surface area contributed by atoms with E-state index in [4.69, 9.17) is 5.26 Å². The van der Waals surface area contributed by atoms with Gasteiger partial charge in [-0.2, -0.15) is 5.26 Å². The summed E-state index contributed by atoms with van der Waals surface area (Å²) in [5.41, 5.74) is 1.17. The Morgan fingerprint density at radius 2 is 2.19 bits per heavy atom. The minimum absolute atomic E-state index is 0.00902. The average molecular weight is 286 g/mol. The fourth-order valence-corrected chi connectivity index (χ4v) is 2.64. The maximum Gasteiger partial charge on any atom is 0.234 e. The fourth-order valence-electron chi connectivity index (χ4n) is 2.64. The number of benzene rings is 1. The van der Waals surface area contributed by atoms with Crippen LogP contribution in [0.25, 0.3) is 0 Å². The Balaban J connectivity index is 1.62. The molecule has 112 valence electrons.